The van der Waals surface area contributed by atoms with Gasteiger partial charge in [0.2, 0.25) is 15.9 Å². The largest absolute Gasteiger partial charge is 0.474 e. The number of ether oxygens (including phenoxy) is 2. The van der Waals surface area contributed by atoms with Gasteiger partial charge in [-0.05, 0) is 27.2 Å². The summed E-state index contributed by atoms with van der Waals surface area (Å²) in [6, 6.07) is 0. The second-order valence-corrected chi connectivity index (χ2v) is 11.0. The minimum absolute atomic E-state index is 0.0400. The molecule has 180 valence electrons. The number of nitrogens with zero attached hydrogens (tertiary/aromatic N) is 5. The van der Waals surface area contributed by atoms with Crippen molar-refractivity contribution in [2.24, 2.45) is 0 Å². The first kappa shape index (κ1) is 24.5. The molecule has 1 amide bonds. The van der Waals surface area contributed by atoms with Crippen LogP contribution in [-0.2, 0) is 14.8 Å². The molecule has 2 saturated heterocycles. The molecule has 2 fully saturated rings. The van der Waals surface area contributed by atoms with Gasteiger partial charge in [-0.15, -0.1) is 0 Å². The van der Waals surface area contributed by atoms with E-state index in [0.717, 1.165) is 17.8 Å². The minimum atomic E-state index is -3.18. The average molecular weight is 470 g/mol. The summed E-state index contributed by atoms with van der Waals surface area (Å²) in [6.45, 7) is 10.9. The zero-order valence-corrected chi connectivity index (χ0v) is 20.5. The van der Waals surface area contributed by atoms with E-state index in [-0.39, 0.29) is 12.2 Å². The Morgan fingerprint density at radius 2 is 1.75 bits per heavy atom. The number of anilines is 1. The van der Waals surface area contributed by atoms with Crippen molar-refractivity contribution in [3.05, 3.63) is 11.9 Å². The first-order valence-corrected chi connectivity index (χ1v) is 13.0. The molecule has 3 rings (SSSR count). The Hall–Kier alpha value is -2.14. The number of carbonyl (C=O) groups excluding carboxylic acids is 1. The topological polar surface area (TPSA) is 105 Å². The van der Waals surface area contributed by atoms with Gasteiger partial charge in [-0.3, -0.25) is 0 Å². The van der Waals surface area contributed by atoms with E-state index in [4.69, 9.17) is 9.47 Å². The Morgan fingerprint density at radius 3 is 2.31 bits per heavy atom. The van der Waals surface area contributed by atoms with Gasteiger partial charge in [-0.25, -0.2) is 23.2 Å². The number of likely N-dealkylation sites (tertiary alicyclic amines) is 1. The number of carbonyl (C=O) groups is 1. The molecule has 1 aromatic rings. The number of piperazine rings is 1. The maximum Gasteiger partial charge on any atom is 0.410 e. The molecule has 0 aromatic carbocycles. The predicted octanol–water partition coefficient (Wildman–Crippen LogP) is 2.04. The monoisotopic (exact) mass is 469 g/mol. The van der Waals surface area contributed by atoms with Crippen molar-refractivity contribution in [2.45, 2.75) is 58.7 Å². The zero-order chi connectivity index (χ0) is 23.5. The summed E-state index contributed by atoms with van der Waals surface area (Å²) in [7, 11) is -3.18. The lowest BCUT2D eigenvalue weighted by molar-refractivity contribution is 0.000933. The van der Waals surface area contributed by atoms with Crippen LogP contribution in [-0.4, -0.2) is 90.9 Å². The number of piperidine rings is 1. The van der Waals surface area contributed by atoms with E-state index in [1.807, 2.05) is 27.7 Å². The molecule has 2 aliphatic heterocycles. The van der Waals surface area contributed by atoms with E-state index in [1.54, 1.807) is 4.90 Å². The van der Waals surface area contributed by atoms with Crippen molar-refractivity contribution in [1.29, 1.82) is 0 Å². The summed E-state index contributed by atoms with van der Waals surface area (Å²) >= 11 is 0. The fraction of sp³-hybridized carbons (Fsp3) is 0.762. The summed E-state index contributed by atoms with van der Waals surface area (Å²) in [4.78, 5) is 24.9. The van der Waals surface area contributed by atoms with E-state index in [9.17, 15) is 13.2 Å². The first-order valence-electron chi connectivity index (χ1n) is 11.2. The second kappa shape index (κ2) is 9.78. The average Bonchev–Trinajstić information content (AvgIpc) is 2.75. The smallest absolute Gasteiger partial charge is 0.410 e. The quantitative estimate of drug-likeness (QED) is 0.623. The molecule has 0 unspecified atom stereocenters. The van der Waals surface area contributed by atoms with E-state index >= 15 is 0 Å². The molecule has 0 aliphatic carbocycles. The molecule has 10 nitrogen and oxygen atoms in total. The van der Waals surface area contributed by atoms with Crippen LogP contribution in [0.25, 0.3) is 0 Å². The van der Waals surface area contributed by atoms with Crippen LogP contribution >= 0.6 is 0 Å². The van der Waals surface area contributed by atoms with Crippen LogP contribution in [0.15, 0.2) is 6.33 Å². The lowest BCUT2D eigenvalue weighted by Crippen LogP contribution is -2.48. The van der Waals surface area contributed by atoms with Gasteiger partial charge in [0.05, 0.1) is 11.8 Å². The number of hydrogen-bond donors (Lipinski definition) is 0. The summed E-state index contributed by atoms with van der Waals surface area (Å²) in [6.07, 6.45) is 4.57. The van der Waals surface area contributed by atoms with E-state index in [1.165, 1.54) is 16.9 Å². The van der Waals surface area contributed by atoms with Crippen molar-refractivity contribution < 1.29 is 22.7 Å². The Morgan fingerprint density at radius 1 is 1.12 bits per heavy atom. The molecule has 0 atom stereocenters. The van der Waals surface area contributed by atoms with Gasteiger partial charge in [0, 0.05) is 52.1 Å². The molecule has 1 aromatic heterocycles. The number of aromatic nitrogens is 2. The van der Waals surface area contributed by atoms with Crippen molar-refractivity contribution in [3.63, 3.8) is 0 Å². The molecule has 0 bridgehead atoms. The number of amides is 1. The summed E-state index contributed by atoms with van der Waals surface area (Å²) in [5.41, 5.74) is 0.373. The van der Waals surface area contributed by atoms with Gasteiger partial charge in [-0.1, -0.05) is 6.92 Å². The van der Waals surface area contributed by atoms with Crippen molar-refractivity contribution >= 4 is 21.9 Å². The highest BCUT2D eigenvalue weighted by atomic mass is 32.2. The lowest BCUT2D eigenvalue weighted by atomic mass is 10.1. The molecular weight excluding hydrogens is 434 g/mol. The van der Waals surface area contributed by atoms with E-state index < -0.39 is 15.6 Å². The fourth-order valence-corrected chi connectivity index (χ4v) is 4.61. The fourth-order valence-electron chi connectivity index (χ4n) is 3.78. The number of rotatable bonds is 6. The van der Waals surface area contributed by atoms with Crippen molar-refractivity contribution in [1.82, 2.24) is 19.2 Å². The predicted molar refractivity (Wildman–Crippen MR) is 121 cm³/mol. The Kier molecular flexibility index (Phi) is 7.49. The van der Waals surface area contributed by atoms with Gasteiger partial charge in [-0.2, -0.15) is 4.31 Å². The Balaban J connectivity index is 1.56. The summed E-state index contributed by atoms with van der Waals surface area (Å²) < 4.78 is 36.8. The van der Waals surface area contributed by atoms with Crippen LogP contribution in [0.5, 0.6) is 5.88 Å². The van der Waals surface area contributed by atoms with Crippen LogP contribution in [0.2, 0.25) is 0 Å². The summed E-state index contributed by atoms with van der Waals surface area (Å²) in [5, 5.41) is 0. The molecule has 32 heavy (non-hydrogen) atoms. The first-order chi connectivity index (χ1) is 15.0. The van der Waals surface area contributed by atoms with Crippen LogP contribution < -0.4 is 9.64 Å². The van der Waals surface area contributed by atoms with Gasteiger partial charge in [0.15, 0.2) is 0 Å². The van der Waals surface area contributed by atoms with Crippen LogP contribution in [0.3, 0.4) is 0 Å². The number of sulfonamides is 1. The normalized spacial score (nSPS) is 19.2. The zero-order valence-electron chi connectivity index (χ0n) is 19.7. The molecule has 0 N–H and O–H groups in total. The van der Waals surface area contributed by atoms with Crippen LogP contribution in [0.4, 0.5) is 10.6 Å². The summed E-state index contributed by atoms with van der Waals surface area (Å²) in [5.74, 6) is 1.31. The molecular formula is C21H35N5O5S. The van der Waals surface area contributed by atoms with Gasteiger partial charge in [0.1, 0.15) is 23.9 Å². The van der Waals surface area contributed by atoms with Gasteiger partial charge >= 0.3 is 6.09 Å². The second-order valence-electron chi connectivity index (χ2n) is 9.06. The third kappa shape index (κ3) is 6.00. The molecule has 2 aliphatic rings. The minimum Gasteiger partial charge on any atom is -0.474 e. The standard InChI is InChI=1S/C21H35N5O5S/c1-6-21(3,4)31-20(27)25-9-7-17(8-10-25)30-19-16(2)18(22-15-23-19)24-11-13-26(14-12-24)32(5,28)29/h15,17H,6-14H2,1-5H3. The van der Waals surface area contributed by atoms with E-state index in [0.29, 0.717) is 58.0 Å². The Labute approximate surface area is 190 Å². The third-order valence-corrected chi connectivity index (χ3v) is 7.52. The molecule has 3 heterocycles. The van der Waals surface area contributed by atoms with Gasteiger partial charge < -0.3 is 19.3 Å². The highest BCUT2D eigenvalue weighted by molar-refractivity contribution is 7.88. The molecule has 11 heteroatoms. The van der Waals surface area contributed by atoms with Crippen LogP contribution in [0.1, 0.15) is 45.6 Å². The highest BCUT2D eigenvalue weighted by Gasteiger charge is 2.30. The maximum atomic E-state index is 12.4. The van der Waals surface area contributed by atoms with Gasteiger partial charge in [0.25, 0.3) is 0 Å². The Bertz CT molecular complexity index is 907. The molecule has 0 radical (unpaired) electrons. The van der Waals surface area contributed by atoms with E-state index in [2.05, 4.69) is 14.9 Å². The lowest BCUT2D eigenvalue weighted by Gasteiger charge is -2.35. The highest BCUT2D eigenvalue weighted by Crippen LogP contribution is 2.28. The van der Waals surface area contributed by atoms with Crippen molar-refractivity contribution in [3.8, 4) is 5.88 Å². The number of hydrogen-bond acceptors (Lipinski definition) is 8. The van der Waals surface area contributed by atoms with Crippen molar-refractivity contribution in [2.75, 3.05) is 50.4 Å². The maximum absolute atomic E-state index is 12.4. The van der Waals surface area contributed by atoms with Crippen LogP contribution in [0, 0.1) is 6.92 Å². The molecule has 0 saturated carbocycles. The molecule has 0 spiro atoms. The third-order valence-electron chi connectivity index (χ3n) is 6.21. The SMILES string of the molecule is CCC(C)(C)OC(=O)N1CCC(Oc2ncnc(N3CCN(S(C)(=O)=O)CC3)c2C)CC1.